The number of carbonyl (C=O) groups is 1. The van der Waals surface area contributed by atoms with Crippen molar-refractivity contribution in [3.8, 4) is 17.2 Å². The number of ether oxygens (including phenoxy) is 3. The molecule has 0 aliphatic heterocycles. The van der Waals surface area contributed by atoms with E-state index >= 15 is 0 Å². The molecule has 0 fully saturated rings. The van der Waals surface area contributed by atoms with Crippen molar-refractivity contribution in [2.24, 2.45) is 5.10 Å². The summed E-state index contributed by atoms with van der Waals surface area (Å²) in [5.74, 6) is 2.09. The van der Waals surface area contributed by atoms with Crippen molar-refractivity contribution in [1.29, 1.82) is 0 Å². The molecule has 0 bridgehead atoms. The number of aromatic nitrogens is 2. The second-order valence-corrected chi connectivity index (χ2v) is 9.56. The summed E-state index contributed by atoms with van der Waals surface area (Å²) in [6.45, 7) is 5.10. The Hall–Kier alpha value is -3.18. The average Bonchev–Trinajstić information content (AvgIpc) is 3.26. The fourth-order valence-electron chi connectivity index (χ4n) is 3.08. The fourth-order valence-corrected chi connectivity index (χ4v) is 4.26. The molecule has 186 valence electrons. The third kappa shape index (κ3) is 7.93. The lowest BCUT2D eigenvalue weighted by Crippen LogP contribution is -2.19. The van der Waals surface area contributed by atoms with Crippen LogP contribution in [-0.2, 0) is 11.2 Å². The van der Waals surface area contributed by atoms with Crippen molar-refractivity contribution in [2.75, 3.05) is 26.1 Å². The summed E-state index contributed by atoms with van der Waals surface area (Å²) < 4.78 is 17.8. The van der Waals surface area contributed by atoms with Crippen LogP contribution in [0.1, 0.15) is 42.3 Å². The van der Waals surface area contributed by atoms with Gasteiger partial charge in [-0.1, -0.05) is 37.3 Å². The van der Waals surface area contributed by atoms with Crippen LogP contribution in [-0.4, -0.2) is 42.6 Å². The van der Waals surface area contributed by atoms with Gasteiger partial charge in [-0.2, -0.15) is 5.10 Å². The molecule has 1 amide bonds. The summed E-state index contributed by atoms with van der Waals surface area (Å²) in [4.78, 5) is 12.0. The van der Waals surface area contributed by atoms with Gasteiger partial charge >= 0.3 is 0 Å². The van der Waals surface area contributed by atoms with E-state index in [1.807, 2.05) is 18.2 Å². The standard InChI is InChI=1S/C24H28BrN5O4S/c1-4-15(2)17-5-7-18(8-6-17)33-9-10-34-23-19(25)11-16(12-20(23)32-3)14-27-28-21(31)13-22-29-30-24(26)35-22/h5-8,11-12,14-15H,4,9-10,13H2,1-3H3,(H2,26,30)(H,28,31). The number of nitrogen functional groups attached to an aromatic ring is 1. The van der Waals surface area contributed by atoms with E-state index in [1.165, 1.54) is 11.8 Å². The largest absolute Gasteiger partial charge is 0.493 e. The third-order valence-electron chi connectivity index (χ3n) is 5.11. The molecule has 0 aliphatic rings. The molecule has 1 aromatic heterocycles. The molecule has 3 N–H and O–H groups in total. The van der Waals surface area contributed by atoms with Gasteiger partial charge in [0.25, 0.3) is 0 Å². The summed E-state index contributed by atoms with van der Waals surface area (Å²) in [5, 5.41) is 12.3. The maximum absolute atomic E-state index is 12.0. The zero-order valence-corrected chi connectivity index (χ0v) is 22.2. The van der Waals surface area contributed by atoms with Gasteiger partial charge in [0, 0.05) is 0 Å². The summed E-state index contributed by atoms with van der Waals surface area (Å²) in [6, 6.07) is 11.7. The van der Waals surface area contributed by atoms with E-state index in [1.54, 1.807) is 13.2 Å². The molecule has 9 nitrogen and oxygen atoms in total. The van der Waals surface area contributed by atoms with Crippen molar-refractivity contribution in [3.63, 3.8) is 0 Å². The second-order valence-electron chi connectivity index (χ2n) is 7.61. The van der Waals surface area contributed by atoms with Crippen LogP contribution in [0.4, 0.5) is 5.13 Å². The minimum absolute atomic E-state index is 0.0517. The molecule has 0 radical (unpaired) electrons. The smallest absolute Gasteiger partial charge is 0.247 e. The monoisotopic (exact) mass is 561 g/mol. The highest BCUT2D eigenvalue weighted by Gasteiger charge is 2.12. The first kappa shape index (κ1) is 26.4. The highest BCUT2D eigenvalue weighted by atomic mass is 79.9. The maximum atomic E-state index is 12.0. The first-order chi connectivity index (χ1) is 16.9. The highest BCUT2D eigenvalue weighted by molar-refractivity contribution is 9.10. The predicted molar refractivity (Wildman–Crippen MR) is 141 cm³/mol. The van der Waals surface area contributed by atoms with E-state index in [-0.39, 0.29) is 12.3 Å². The average molecular weight is 562 g/mol. The fraction of sp³-hybridized carbons (Fsp3) is 0.333. The Morgan fingerprint density at radius 2 is 1.97 bits per heavy atom. The van der Waals surface area contributed by atoms with Gasteiger partial charge < -0.3 is 19.9 Å². The third-order valence-corrected chi connectivity index (χ3v) is 6.45. The molecule has 0 aliphatic carbocycles. The van der Waals surface area contributed by atoms with E-state index in [4.69, 9.17) is 19.9 Å². The number of amides is 1. The maximum Gasteiger partial charge on any atom is 0.247 e. The van der Waals surface area contributed by atoms with Gasteiger partial charge in [0.05, 0.1) is 24.2 Å². The number of halogens is 1. The lowest BCUT2D eigenvalue weighted by atomic mass is 9.99. The van der Waals surface area contributed by atoms with Gasteiger partial charge in [0.1, 0.15) is 24.0 Å². The molecule has 35 heavy (non-hydrogen) atoms. The molecule has 3 rings (SSSR count). The summed E-state index contributed by atoms with van der Waals surface area (Å²) in [6.07, 6.45) is 2.66. The van der Waals surface area contributed by atoms with Gasteiger partial charge in [0.2, 0.25) is 11.0 Å². The summed E-state index contributed by atoms with van der Waals surface area (Å²) in [7, 11) is 1.56. The highest BCUT2D eigenvalue weighted by Crippen LogP contribution is 2.36. The number of benzene rings is 2. The second kappa shape index (κ2) is 13.1. The molecule has 0 spiro atoms. The summed E-state index contributed by atoms with van der Waals surface area (Å²) >= 11 is 4.67. The first-order valence-electron chi connectivity index (χ1n) is 11.0. The van der Waals surface area contributed by atoms with Crippen LogP contribution in [0.2, 0.25) is 0 Å². The Balaban J connectivity index is 1.51. The number of nitrogens with one attached hydrogen (secondary N) is 1. The minimum atomic E-state index is -0.321. The molecule has 1 atom stereocenters. The van der Waals surface area contributed by atoms with E-state index in [0.717, 1.165) is 23.5 Å². The van der Waals surface area contributed by atoms with Gasteiger partial charge in [-0.3, -0.25) is 4.79 Å². The quantitative estimate of drug-likeness (QED) is 0.189. The van der Waals surface area contributed by atoms with Crippen LogP contribution in [0.5, 0.6) is 17.2 Å². The molecule has 2 aromatic carbocycles. The zero-order chi connectivity index (χ0) is 25.2. The number of carbonyl (C=O) groups excluding carboxylic acids is 1. The van der Waals surface area contributed by atoms with Crippen LogP contribution < -0.4 is 25.4 Å². The first-order valence-corrected chi connectivity index (χ1v) is 12.6. The van der Waals surface area contributed by atoms with Crippen LogP contribution in [0.25, 0.3) is 0 Å². The molecular formula is C24H28BrN5O4S. The lowest BCUT2D eigenvalue weighted by molar-refractivity contribution is -0.120. The minimum Gasteiger partial charge on any atom is -0.493 e. The van der Waals surface area contributed by atoms with Crippen molar-refractivity contribution in [1.82, 2.24) is 15.6 Å². The van der Waals surface area contributed by atoms with E-state index in [9.17, 15) is 4.79 Å². The number of anilines is 1. The van der Waals surface area contributed by atoms with Gasteiger partial charge in [0.15, 0.2) is 11.5 Å². The number of hydrogen-bond acceptors (Lipinski definition) is 9. The van der Waals surface area contributed by atoms with Gasteiger partial charge in [-0.25, -0.2) is 5.43 Å². The molecule has 0 saturated heterocycles. The number of nitrogens with two attached hydrogens (primary N) is 1. The van der Waals surface area contributed by atoms with Gasteiger partial charge in [-0.05, 0) is 63.7 Å². The molecule has 11 heteroatoms. The van der Waals surface area contributed by atoms with E-state index in [2.05, 4.69) is 62.6 Å². The molecule has 1 heterocycles. The van der Waals surface area contributed by atoms with Gasteiger partial charge in [-0.15, -0.1) is 10.2 Å². The van der Waals surface area contributed by atoms with Crippen LogP contribution in [0.15, 0.2) is 46.0 Å². The van der Waals surface area contributed by atoms with Crippen molar-refractivity contribution >= 4 is 44.5 Å². The Bertz CT molecular complexity index is 1150. The zero-order valence-electron chi connectivity index (χ0n) is 19.8. The van der Waals surface area contributed by atoms with E-state index in [0.29, 0.717) is 50.8 Å². The number of hydrogen-bond donors (Lipinski definition) is 2. The summed E-state index contributed by atoms with van der Waals surface area (Å²) in [5.41, 5.74) is 9.98. The van der Waals surface area contributed by atoms with Crippen LogP contribution in [0, 0.1) is 0 Å². The van der Waals surface area contributed by atoms with E-state index < -0.39 is 0 Å². The predicted octanol–water partition coefficient (Wildman–Crippen LogP) is 4.56. The SMILES string of the molecule is CCC(C)c1ccc(OCCOc2c(Br)cc(C=NNC(=O)Cc3nnc(N)s3)cc2OC)cc1. The van der Waals surface area contributed by atoms with Crippen LogP contribution in [0.3, 0.4) is 0 Å². The molecule has 0 saturated carbocycles. The Morgan fingerprint density at radius 3 is 2.63 bits per heavy atom. The number of methoxy groups -OCH3 is 1. The van der Waals surface area contributed by atoms with Crippen molar-refractivity contribution in [2.45, 2.75) is 32.6 Å². The number of hydrazone groups is 1. The topological polar surface area (TPSA) is 121 Å². The Kier molecular flexibility index (Phi) is 9.86. The number of rotatable bonds is 12. The number of nitrogens with zero attached hydrogens (tertiary/aromatic N) is 3. The Labute approximate surface area is 216 Å². The van der Waals surface area contributed by atoms with Crippen molar-refractivity contribution in [3.05, 3.63) is 57.0 Å². The lowest BCUT2D eigenvalue weighted by Gasteiger charge is -2.14. The normalized spacial score (nSPS) is 11.9. The Morgan fingerprint density at radius 1 is 1.23 bits per heavy atom. The molecule has 3 aromatic rings. The van der Waals surface area contributed by atoms with Crippen molar-refractivity contribution < 1.29 is 19.0 Å². The van der Waals surface area contributed by atoms with Crippen LogP contribution >= 0.6 is 27.3 Å². The molecular weight excluding hydrogens is 534 g/mol. The molecule has 1 unspecified atom stereocenters.